The van der Waals surface area contributed by atoms with E-state index >= 15 is 0 Å². The molecule has 11 heteroatoms. The molecule has 1 amide bonds. The lowest BCUT2D eigenvalue weighted by atomic mass is 10.0. The van der Waals surface area contributed by atoms with Crippen molar-refractivity contribution in [3.8, 4) is 34.3 Å². The third kappa shape index (κ3) is 4.73. The van der Waals surface area contributed by atoms with Gasteiger partial charge in [-0.05, 0) is 48.4 Å². The number of nitrogens with zero attached hydrogens (tertiary/aromatic N) is 5. The summed E-state index contributed by atoms with van der Waals surface area (Å²) in [6, 6.07) is 15.2. The van der Waals surface area contributed by atoms with E-state index in [-0.39, 0.29) is 47.6 Å². The van der Waals surface area contributed by atoms with Crippen LogP contribution in [0.25, 0.3) is 22.5 Å². The Bertz CT molecular complexity index is 1670. The Hall–Kier alpha value is -4.92. The van der Waals surface area contributed by atoms with Gasteiger partial charge in [-0.15, -0.1) is 0 Å². The third-order valence-electron chi connectivity index (χ3n) is 7.63. The summed E-state index contributed by atoms with van der Waals surface area (Å²) in [7, 11) is 1.42. The van der Waals surface area contributed by atoms with Crippen molar-refractivity contribution in [2.45, 2.75) is 24.5 Å². The number of hydrogen-bond acceptors (Lipinski definition) is 9. The number of ether oxygens (including phenoxy) is 1. The van der Waals surface area contributed by atoms with Crippen LogP contribution in [0.4, 0.5) is 15.8 Å². The van der Waals surface area contributed by atoms with Crippen LogP contribution in [0.15, 0.2) is 67.1 Å². The second-order valence-corrected chi connectivity index (χ2v) is 9.86. The van der Waals surface area contributed by atoms with Gasteiger partial charge >= 0.3 is 0 Å². The van der Waals surface area contributed by atoms with Gasteiger partial charge in [0.05, 0.1) is 48.3 Å². The number of nitrogens with one attached hydrogen (secondary N) is 2. The Morgan fingerprint density at radius 1 is 1.27 bits per heavy atom. The van der Waals surface area contributed by atoms with E-state index in [0.717, 1.165) is 18.5 Å². The van der Waals surface area contributed by atoms with Gasteiger partial charge in [-0.2, -0.15) is 5.26 Å². The zero-order chi connectivity index (χ0) is 28.5. The molecule has 10 nitrogen and oxygen atoms in total. The number of aliphatic hydroxyl groups excluding tert-OH is 1. The summed E-state index contributed by atoms with van der Waals surface area (Å²) in [5, 5.41) is 26.3. The van der Waals surface area contributed by atoms with Crippen molar-refractivity contribution in [2.75, 3.05) is 30.5 Å². The number of carbonyl (C=O) groups excluding carboxylic acids is 1. The smallest absolute Gasteiger partial charge is 0.274 e. The average Bonchev–Trinajstić information content (AvgIpc) is 3.63. The van der Waals surface area contributed by atoms with Gasteiger partial charge in [0.25, 0.3) is 5.91 Å². The van der Waals surface area contributed by atoms with E-state index in [1.165, 1.54) is 31.5 Å². The number of methoxy groups -OCH3 is 1. The molecule has 2 aromatic carbocycles. The zero-order valence-electron chi connectivity index (χ0n) is 22.1. The lowest BCUT2D eigenvalue weighted by Gasteiger charge is -2.38. The first-order valence-electron chi connectivity index (χ1n) is 13.1. The zero-order valence-corrected chi connectivity index (χ0v) is 22.1. The molecule has 0 radical (unpaired) electrons. The van der Waals surface area contributed by atoms with E-state index in [4.69, 9.17) is 4.74 Å². The van der Waals surface area contributed by atoms with E-state index < -0.39 is 11.7 Å². The van der Waals surface area contributed by atoms with Gasteiger partial charge in [0.15, 0.2) is 5.82 Å². The number of rotatable bonds is 7. The highest BCUT2D eigenvalue weighted by molar-refractivity contribution is 6.05. The molecule has 0 saturated carbocycles. The summed E-state index contributed by atoms with van der Waals surface area (Å²) in [5.74, 6) is -0.813. The number of piperazine rings is 1. The number of anilines is 2. The Labute approximate surface area is 235 Å². The molecule has 2 fully saturated rings. The van der Waals surface area contributed by atoms with E-state index in [2.05, 4.69) is 36.6 Å². The molecular formula is C30H26FN7O3. The fraction of sp³-hybridized carbons (Fsp3) is 0.233. The first-order valence-corrected chi connectivity index (χ1v) is 13.1. The Balaban J connectivity index is 1.39. The lowest BCUT2D eigenvalue weighted by Crippen LogP contribution is -2.53. The molecule has 2 aromatic heterocycles. The number of pyridine rings is 1. The molecule has 2 aliphatic heterocycles. The Kier molecular flexibility index (Phi) is 7.01. The van der Waals surface area contributed by atoms with E-state index in [0.29, 0.717) is 22.5 Å². The van der Waals surface area contributed by atoms with Gasteiger partial charge in [0.1, 0.15) is 17.3 Å². The van der Waals surface area contributed by atoms with Gasteiger partial charge in [0, 0.05) is 42.8 Å². The molecule has 0 spiro atoms. The maximum atomic E-state index is 14.7. The molecule has 4 heterocycles. The standard InChI is InChI=1S/C30H26FN7O3/c1-41-27-4-2-3-21(31)28(27)29-34-10-8-23(36-29)30(40)37-22-6-5-17(20-15-33-9-7-18(20)13-32)11-25(22)38-19-12-24(35-14-19)26(38)16-39/h2-11,15,19,24,26,35,39H,12,14,16H2,1H3,(H,37,40)/t19-,24-,26-/m0/s1. The predicted molar refractivity (Wildman–Crippen MR) is 150 cm³/mol. The van der Waals surface area contributed by atoms with Crippen molar-refractivity contribution in [3.63, 3.8) is 0 Å². The number of nitriles is 1. The molecule has 2 aliphatic rings. The number of fused-ring (bicyclic) bond motifs is 2. The molecule has 6 rings (SSSR count). The minimum atomic E-state index is -0.570. The summed E-state index contributed by atoms with van der Waals surface area (Å²) in [5.41, 5.74) is 3.21. The molecule has 0 unspecified atom stereocenters. The fourth-order valence-electron chi connectivity index (χ4n) is 5.73. The number of amides is 1. The number of halogens is 1. The summed E-state index contributed by atoms with van der Waals surface area (Å²) in [6.07, 6.45) is 5.46. The Morgan fingerprint density at radius 3 is 2.95 bits per heavy atom. The molecule has 206 valence electrons. The van der Waals surface area contributed by atoms with Gasteiger partial charge in [-0.1, -0.05) is 12.1 Å². The normalized spacial score (nSPS) is 19.2. The van der Waals surface area contributed by atoms with E-state index in [1.54, 1.807) is 30.6 Å². The van der Waals surface area contributed by atoms with Crippen molar-refractivity contribution in [2.24, 2.45) is 0 Å². The summed E-state index contributed by atoms with van der Waals surface area (Å²) >= 11 is 0. The second kappa shape index (κ2) is 10.9. The molecule has 3 N–H and O–H groups in total. The maximum Gasteiger partial charge on any atom is 0.274 e. The topological polar surface area (TPSA) is 136 Å². The summed E-state index contributed by atoms with van der Waals surface area (Å²) < 4.78 is 20.0. The quantitative estimate of drug-likeness (QED) is 0.316. The largest absolute Gasteiger partial charge is 0.496 e. The van der Waals surface area contributed by atoms with Gasteiger partial charge in [-0.3, -0.25) is 9.78 Å². The number of benzene rings is 2. The number of carbonyl (C=O) groups is 1. The van der Waals surface area contributed by atoms with Crippen molar-refractivity contribution in [3.05, 3.63) is 84.2 Å². The van der Waals surface area contributed by atoms with E-state index in [1.807, 2.05) is 12.1 Å². The molecular weight excluding hydrogens is 525 g/mol. The Morgan fingerprint density at radius 2 is 2.15 bits per heavy atom. The minimum absolute atomic E-state index is 0.0204. The van der Waals surface area contributed by atoms with Gasteiger partial charge in [0.2, 0.25) is 0 Å². The molecule has 4 aromatic rings. The van der Waals surface area contributed by atoms with Gasteiger partial charge < -0.3 is 25.4 Å². The highest BCUT2D eigenvalue weighted by atomic mass is 19.1. The SMILES string of the molecule is COc1cccc(F)c1-c1nccc(C(=O)Nc2ccc(-c3cnccc3C#N)cc2N2[C@@H]3CN[C@@H](C3)[C@@H]2CO)n1. The summed E-state index contributed by atoms with van der Waals surface area (Å²) in [4.78, 5) is 28.4. The first kappa shape index (κ1) is 26.3. The van der Waals surface area contributed by atoms with Crippen LogP contribution in [0.1, 0.15) is 22.5 Å². The van der Waals surface area contributed by atoms with Gasteiger partial charge in [-0.25, -0.2) is 14.4 Å². The number of aromatic nitrogens is 3. The van der Waals surface area contributed by atoms with Crippen LogP contribution in [-0.2, 0) is 0 Å². The van der Waals surface area contributed by atoms with Crippen LogP contribution < -0.4 is 20.3 Å². The van der Waals surface area contributed by atoms with Crippen LogP contribution in [-0.4, -0.2) is 64.4 Å². The molecule has 2 saturated heterocycles. The minimum Gasteiger partial charge on any atom is -0.496 e. The monoisotopic (exact) mass is 551 g/mol. The van der Waals surface area contributed by atoms with Crippen LogP contribution in [0.5, 0.6) is 5.75 Å². The average molecular weight is 552 g/mol. The highest BCUT2D eigenvalue weighted by Crippen LogP contribution is 2.41. The lowest BCUT2D eigenvalue weighted by molar-refractivity contribution is 0.102. The molecule has 3 atom stereocenters. The van der Waals surface area contributed by atoms with Crippen molar-refractivity contribution < 1.29 is 19.0 Å². The second-order valence-electron chi connectivity index (χ2n) is 9.86. The number of aliphatic hydroxyl groups is 1. The molecule has 41 heavy (non-hydrogen) atoms. The van der Waals surface area contributed by atoms with Crippen molar-refractivity contribution in [1.29, 1.82) is 5.26 Å². The van der Waals surface area contributed by atoms with Crippen LogP contribution in [0.2, 0.25) is 0 Å². The van der Waals surface area contributed by atoms with Crippen molar-refractivity contribution in [1.82, 2.24) is 20.3 Å². The fourth-order valence-corrected chi connectivity index (χ4v) is 5.73. The van der Waals surface area contributed by atoms with Crippen LogP contribution in [0.3, 0.4) is 0 Å². The number of hydrogen-bond donors (Lipinski definition) is 3. The first-order chi connectivity index (χ1) is 20.0. The predicted octanol–water partition coefficient (Wildman–Crippen LogP) is 3.39. The maximum absolute atomic E-state index is 14.7. The van der Waals surface area contributed by atoms with Crippen LogP contribution >= 0.6 is 0 Å². The third-order valence-corrected chi connectivity index (χ3v) is 7.63. The highest BCUT2D eigenvalue weighted by Gasteiger charge is 2.46. The van der Waals surface area contributed by atoms with Crippen molar-refractivity contribution >= 4 is 17.3 Å². The van der Waals surface area contributed by atoms with Crippen LogP contribution in [0, 0.1) is 17.1 Å². The molecule has 2 bridgehead atoms. The van der Waals surface area contributed by atoms with E-state index in [9.17, 15) is 19.6 Å². The molecule has 0 aliphatic carbocycles. The summed E-state index contributed by atoms with van der Waals surface area (Å²) in [6.45, 7) is 0.677.